The van der Waals surface area contributed by atoms with Gasteiger partial charge >= 0.3 is 16.9 Å². The number of fused-ring (bicyclic) bond motifs is 1. The Kier molecular flexibility index (Phi) is 2.20. The summed E-state index contributed by atoms with van der Waals surface area (Å²) >= 11 is 5.57. The maximum absolute atomic E-state index is 11.0. The zero-order chi connectivity index (χ0) is 11.9. The van der Waals surface area contributed by atoms with E-state index < -0.39 is 21.9 Å². The van der Waals surface area contributed by atoms with Crippen molar-refractivity contribution < 1.29 is 4.92 Å². The lowest BCUT2D eigenvalue weighted by Crippen LogP contribution is -2.29. The van der Waals surface area contributed by atoms with Crippen molar-refractivity contribution in [3.05, 3.63) is 41.9 Å². The quantitative estimate of drug-likeness (QED) is 0.419. The normalized spacial score (nSPS) is 10.6. The zero-order valence-electron chi connectivity index (χ0n) is 7.48. The molecule has 2 heterocycles. The fourth-order valence-corrected chi connectivity index (χ4v) is 1.36. The summed E-state index contributed by atoms with van der Waals surface area (Å²) in [5.41, 5.74) is -1.78. The van der Waals surface area contributed by atoms with Crippen LogP contribution in [0.3, 0.4) is 0 Å². The molecule has 9 heteroatoms. The second kappa shape index (κ2) is 3.42. The molecule has 0 aliphatic carbocycles. The lowest BCUT2D eigenvalue weighted by molar-refractivity contribution is -0.389. The van der Waals surface area contributed by atoms with Gasteiger partial charge in [0.15, 0.2) is 0 Å². The highest BCUT2D eigenvalue weighted by Crippen LogP contribution is 2.23. The summed E-state index contributed by atoms with van der Waals surface area (Å²) in [5, 5.41) is 10.3. The summed E-state index contributed by atoms with van der Waals surface area (Å²) in [5.74, 6) is -0.586. The van der Waals surface area contributed by atoms with Gasteiger partial charge in [-0.2, -0.15) is 0 Å². The minimum absolute atomic E-state index is 0.0966. The van der Waals surface area contributed by atoms with Crippen molar-refractivity contribution >= 4 is 28.6 Å². The third-order valence-electron chi connectivity index (χ3n) is 1.82. The minimum atomic E-state index is -0.934. The van der Waals surface area contributed by atoms with Crippen LogP contribution < -0.4 is 11.1 Å². The number of aromatic amines is 2. The SMILES string of the molecule is O=c1[nH]c2cc(Cl)c([N+](=O)[O-])nc2[nH]c1=O. The maximum Gasteiger partial charge on any atom is 0.384 e. The molecule has 0 aliphatic rings. The molecular weight excluding hydrogens is 240 g/mol. The Labute approximate surface area is 91.1 Å². The van der Waals surface area contributed by atoms with Gasteiger partial charge in [0, 0.05) is 0 Å². The van der Waals surface area contributed by atoms with E-state index in [9.17, 15) is 19.7 Å². The molecule has 2 N–H and O–H groups in total. The van der Waals surface area contributed by atoms with Gasteiger partial charge in [-0.05, 0) is 16.0 Å². The monoisotopic (exact) mass is 242 g/mol. The molecular formula is C7H3ClN4O4. The van der Waals surface area contributed by atoms with Crippen LogP contribution in [0.25, 0.3) is 11.2 Å². The molecule has 0 spiro atoms. The molecule has 0 bridgehead atoms. The molecule has 0 fully saturated rings. The van der Waals surface area contributed by atoms with Gasteiger partial charge in [-0.25, -0.2) is 0 Å². The Hall–Kier alpha value is -2.22. The van der Waals surface area contributed by atoms with Gasteiger partial charge in [0.2, 0.25) is 0 Å². The molecule has 2 aromatic heterocycles. The van der Waals surface area contributed by atoms with Crippen LogP contribution in [0.15, 0.2) is 15.7 Å². The molecule has 0 amide bonds. The topological polar surface area (TPSA) is 122 Å². The van der Waals surface area contributed by atoms with E-state index in [1.165, 1.54) is 0 Å². The first-order valence-corrected chi connectivity index (χ1v) is 4.34. The van der Waals surface area contributed by atoms with E-state index >= 15 is 0 Å². The van der Waals surface area contributed by atoms with E-state index in [1.54, 1.807) is 0 Å². The third-order valence-corrected chi connectivity index (χ3v) is 2.09. The summed E-state index contributed by atoms with van der Waals surface area (Å²) in [6.45, 7) is 0. The number of H-pyrrole nitrogens is 2. The molecule has 0 saturated heterocycles. The molecule has 0 radical (unpaired) electrons. The lowest BCUT2D eigenvalue weighted by Gasteiger charge is -1.96. The van der Waals surface area contributed by atoms with E-state index in [2.05, 4.69) is 15.0 Å². The first-order valence-electron chi connectivity index (χ1n) is 3.96. The number of halogens is 1. The molecule has 8 nitrogen and oxygen atoms in total. The highest BCUT2D eigenvalue weighted by Gasteiger charge is 2.17. The van der Waals surface area contributed by atoms with Crippen molar-refractivity contribution in [2.45, 2.75) is 0 Å². The van der Waals surface area contributed by atoms with Gasteiger partial charge in [0.05, 0.1) is 0 Å². The average Bonchev–Trinajstić information content (AvgIpc) is 2.19. The average molecular weight is 243 g/mol. The van der Waals surface area contributed by atoms with E-state index in [-0.39, 0.29) is 16.2 Å². The number of nitrogens with zero attached hydrogens (tertiary/aromatic N) is 2. The van der Waals surface area contributed by atoms with Crippen LogP contribution >= 0.6 is 11.6 Å². The second-order valence-corrected chi connectivity index (χ2v) is 3.26. The zero-order valence-corrected chi connectivity index (χ0v) is 8.24. The molecule has 2 rings (SSSR count). The Bertz CT molecular complexity index is 704. The van der Waals surface area contributed by atoms with Crippen molar-refractivity contribution in [3.8, 4) is 0 Å². The molecule has 82 valence electrons. The summed E-state index contributed by atoms with van der Waals surface area (Å²) in [7, 11) is 0. The Morgan fingerprint density at radius 1 is 1.31 bits per heavy atom. The Balaban J connectivity index is 2.90. The number of aromatic nitrogens is 3. The molecule has 2 aromatic rings. The molecule has 0 unspecified atom stereocenters. The smallest absolute Gasteiger partial charge is 0.358 e. The Morgan fingerprint density at radius 2 is 1.94 bits per heavy atom. The van der Waals surface area contributed by atoms with Crippen LogP contribution in [0.2, 0.25) is 5.02 Å². The number of nitrogens with one attached hydrogen (secondary N) is 2. The van der Waals surface area contributed by atoms with Gasteiger partial charge in [0.1, 0.15) is 10.5 Å². The number of nitro groups is 1. The maximum atomic E-state index is 11.0. The molecule has 0 aliphatic heterocycles. The van der Waals surface area contributed by atoms with E-state index in [0.717, 1.165) is 6.07 Å². The van der Waals surface area contributed by atoms with Crippen LogP contribution in [0.5, 0.6) is 0 Å². The van der Waals surface area contributed by atoms with Gasteiger partial charge in [-0.3, -0.25) is 14.6 Å². The van der Waals surface area contributed by atoms with Crippen molar-refractivity contribution in [2.24, 2.45) is 0 Å². The van der Waals surface area contributed by atoms with E-state index in [0.29, 0.717) is 0 Å². The first kappa shape index (κ1) is 10.3. The van der Waals surface area contributed by atoms with Crippen molar-refractivity contribution in [2.75, 3.05) is 0 Å². The number of pyridine rings is 1. The van der Waals surface area contributed by atoms with Gasteiger partial charge in [-0.1, -0.05) is 11.6 Å². The second-order valence-electron chi connectivity index (χ2n) is 2.86. The van der Waals surface area contributed by atoms with Crippen LogP contribution in [-0.4, -0.2) is 19.9 Å². The fourth-order valence-electron chi connectivity index (χ4n) is 1.14. The highest BCUT2D eigenvalue weighted by molar-refractivity contribution is 6.32. The first-order chi connectivity index (χ1) is 7.49. The van der Waals surface area contributed by atoms with Crippen molar-refractivity contribution in [1.82, 2.24) is 15.0 Å². The van der Waals surface area contributed by atoms with E-state index in [1.807, 2.05) is 0 Å². The summed E-state index contributed by atoms with van der Waals surface area (Å²) in [6.07, 6.45) is 0. The van der Waals surface area contributed by atoms with Crippen molar-refractivity contribution in [3.63, 3.8) is 0 Å². The van der Waals surface area contributed by atoms with Gasteiger partial charge in [-0.15, -0.1) is 0 Å². The minimum Gasteiger partial charge on any atom is -0.358 e. The van der Waals surface area contributed by atoms with E-state index in [4.69, 9.17) is 11.6 Å². The van der Waals surface area contributed by atoms with Crippen LogP contribution in [0, 0.1) is 10.1 Å². The van der Waals surface area contributed by atoms with Gasteiger partial charge < -0.3 is 15.1 Å². The van der Waals surface area contributed by atoms with Crippen molar-refractivity contribution in [1.29, 1.82) is 0 Å². The number of rotatable bonds is 1. The molecule has 16 heavy (non-hydrogen) atoms. The highest BCUT2D eigenvalue weighted by atomic mass is 35.5. The molecule has 0 saturated carbocycles. The predicted octanol–water partition coefficient (Wildman–Crippen LogP) is 0.173. The fraction of sp³-hybridized carbons (Fsp3) is 0. The number of hydrogen-bond acceptors (Lipinski definition) is 5. The Morgan fingerprint density at radius 3 is 2.56 bits per heavy atom. The standard InChI is InChI=1S/C7H3ClN4O4/c8-2-1-3-4(10-5(2)12(15)16)11-7(14)6(13)9-3/h1H,(H,9,13)(H,10,11,14). The molecule has 0 aromatic carbocycles. The summed E-state index contributed by atoms with van der Waals surface area (Å²) in [6, 6.07) is 1.15. The summed E-state index contributed by atoms with van der Waals surface area (Å²) < 4.78 is 0. The molecule has 0 atom stereocenters. The number of hydrogen-bond donors (Lipinski definition) is 2. The predicted molar refractivity (Wildman–Crippen MR) is 54.6 cm³/mol. The largest absolute Gasteiger partial charge is 0.384 e. The van der Waals surface area contributed by atoms with Crippen LogP contribution in [0.1, 0.15) is 0 Å². The van der Waals surface area contributed by atoms with Crippen LogP contribution in [0.4, 0.5) is 5.82 Å². The third kappa shape index (κ3) is 1.54. The lowest BCUT2D eigenvalue weighted by atomic mass is 10.4. The van der Waals surface area contributed by atoms with Gasteiger partial charge in [0.25, 0.3) is 5.65 Å². The summed E-state index contributed by atoms with van der Waals surface area (Å²) in [4.78, 5) is 39.5. The van der Waals surface area contributed by atoms with Crippen LogP contribution in [-0.2, 0) is 0 Å².